The van der Waals surface area contributed by atoms with Crippen molar-refractivity contribution in [1.82, 2.24) is 15.5 Å². The van der Waals surface area contributed by atoms with E-state index < -0.39 is 0 Å². The average Bonchev–Trinajstić information content (AvgIpc) is 3.26. The van der Waals surface area contributed by atoms with Gasteiger partial charge in [-0.2, -0.15) is 11.8 Å². The summed E-state index contributed by atoms with van der Waals surface area (Å²) < 4.78 is 11.7. The van der Waals surface area contributed by atoms with Crippen LogP contribution in [0.5, 0.6) is 5.75 Å². The summed E-state index contributed by atoms with van der Waals surface area (Å²) in [5.41, 5.74) is 2.56. The second-order valence-electron chi connectivity index (χ2n) is 8.35. The predicted molar refractivity (Wildman–Crippen MR) is 127 cm³/mol. The number of benzene rings is 1. The largest absolute Gasteiger partial charge is 0.490 e. The molecule has 2 saturated heterocycles. The van der Waals surface area contributed by atoms with E-state index in [1.807, 2.05) is 7.05 Å². The monoisotopic (exact) mass is 434 g/mol. The van der Waals surface area contributed by atoms with Gasteiger partial charge < -0.3 is 20.1 Å². The molecule has 0 aromatic heterocycles. The average molecular weight is 435 g/mol. The summed E-state index contributed by atoms with van der Waals surface area (Å²) in [6, 6.07) is 6.42. The fraction of sp³-hybridized carbons (Fsp3) is 0.696. The SMILES string of the molecule is CCC(C)Oc1cc(C)ccc1CNC(=NC)NCC1(N2CCOCC2)CCSC1. The third-order valence-electron chi connectivity index (χ3n) is 6.14. The molecule has 0 amide bonds. The Hall–Kier alpha value is -1.44. The molecule has 0 bridgehead atoms. The molecule has 2 aliphatic heterocycles. The van der Waals surface area contributed by atoms with Crippen LogP contribution in [-0.2, 0) is 11.3 Å². The van der Waals surface area contributed by atoms with Gasteiger partial charge in [0.2, 0.25) is 0 Å². The van der Waals surface area contributed by atoms with Crippen molar-refractivity contribution in [2.24, 2.45) is 4.99 Å². The lowest BCUT2D eigenvalue weighted by Crippen LogP contribution is -2.60. The highest BCUT2D eigenvalue weighted by molar-refractivity contribution is 7.99. The third kappa shape index (κ3) is 6.05. The lowest BCUT2D eigenvalue weighted by atomic mass is 9.95. The normalized spacial score (nSPS) is 23.9. The molecular weight excluding hydrogens is 396 g/mol. The second-order valence-corrected chi connectivity index (χ2v) is 9.46. The first-order chi connectivity index (χ1) is 14.6. The fourth-order valence-electron chi connectivity index (χ4n) is 4.00. The number of rotatable bonds is 8. The highest BCUT2D eigenvalue weighted by Crippen LogP contribution is 2.33. The van der Waals surface area contributed by atoms with Crippen LogP contribution >= 0.6 is 11.8 Å². The smallest absolute Gasteiger partial charge is 0.191 e. The zero-order valence-electron chi connectivity index (χ0n) is 19.0. The molecule has 1 aromatic rings. The number of aryl methyl sites for hydroxylation is 1. The molecule has 7 heteroatoms. The zero-order chi connectivity index (χ0) is 21.4. The van der Waals surface area contributed by atoms with E-state index in [0.29, 0.717) is 6.54 Å². The Labute approximate surface area is 186 Å². The minimum absolute atomic E-state index is 0.195. The standard InChI is InChI=1S/C23H38N4O2S/c1-5-19(3)29-21-14-18(2)6-7-20(21)15-25-22(24-4)26-16-23(8-13-30-17-23)27-9-11-28-12-10-27/h6-7,14,19H,5,8-13,15-17H2,1-4H3,(H2,24,25,26). The van der Waals surface area contributed by atoms with Crippen molar-refractivity contribution in [2.75, 3.05) is 51.4 Å². The lowest BCUT2D eigenvalue weighted by molar-refractivity contribution is -0.0120. The van der Waals surface area contributed by atoms with Gasteiger partial charge >= 0.3 is 0 Å². The van der Waals surface area contributed by atoms with Gasteiger partial charge in [0.05, 0.1) is 19.3 Å². The van der Waals surface area contributed by atoms with Crippen LogP contribution in [0.2, 0.25) is 0 Å². The maximum absolute atomic E-state index is 6.16. The first-order valence-corrected chi connectivity index (χ1v) is 12.3. The Kier molecular flexibility index (Phi) is 8.72. The van der Waals surface area contributed by atoms with E-state index >= 15 is 0 Å². The van der Waals surface area contributed by atoms with Gasteiger partial charge in [-0.05, 0) is 44.1 Å². The second kappa shape index (κ2) is 11.3. The summed E-state index contributed by atoms with van der Waals surface area (Å²) in [5.74, 6) is 4.20. The molecule has 2 atom stereocenters. The van der Waals surface area contributed by atoms with Gasteiger partial charge in [0.1, 0.15) is 5.75 Å². The Balaban J connectivity index is 1.60. The van der Waals surface area contributed by atoms with Crippen LogP contribution in [0.4, 0.5) is 0 Å². The van der Waals surface area contributed by atoms with E-state index in [0.717, 1.165) is 56.5 Å². The highest BCUT2D eigenvalue weighted by Gasteiger charge is 2.40. The fourth-order valence-corrected chi connectivity index (χ4v) is 5.48. The Bertz CT molecular complexity index is 700. The van der Waals surface area contributed by atoms with Gasteiger partial charge in [0.25, 0.3) is 0 Å². The Morgan fingerprint density at radius 2 is 2.13 bits per heavy atom. The molecule has 30 heavy (non-hydrogen) atoms. The molecule has 0 saturated carbocycles. The molecule has 2 fully saturated rings. The summed E-state index contributed by atoms with van der Waals surface area (Å²) in [4.78, 5) is 7.09. The Morgan fingerprint density at radius 1 is 1.33 bits per heavy atom. The van der Waals surface area contributed by atoms with Gasteiger partial charge in [0, 0.05) is 50.1 Å². The minimum Gasteiger partial charge on any atom is -0.490 e. The number of aliphatic imine (C=N–C) groups is 1. The number of hydrogen-bond acceptors (Lipinski definition) is 5. The first kappa shape index (κ1) is 23.2. The molecule has 168 valence electrons. The molecule has 6 nitrogen and oxygen atoms in total. The molecular formula is C23H38N4O2S. The van der Waals surface area contributed by atoms with Crippen LogP contribution in [-0.4, -0.2) is 73.9 Å². The van der Waals surface area contributed by atoms with Crippen molar-refractivity contribution in [3.05, 3.63) is 29.3 Å². The van der Waals surface area contributed by atoms with Crippen LogP contribution in [0.1, 0.15) is 37.8 Å². The van der Waals surface area contributed by atoms with Crippen LogP contribution in [0.3, 0.4) is 0 Å². The maximum atomic E-state index is 6.16. The number of thioether (sulfide) groups is 1. The number of nitrogens with one attached hydrogen (secondary N) is 2. The third-order valence-corrected chi connectivity index (χ3v) is 7.38. The van der Waals surface area contributed by atoms with Gasteiger partial charge in [-0.1, -0.05) is 19.1 Å². The molecule has 2 N–H and O–H groups in total. The first-order valence-electron chi connectivity index (χ1n) is 11.2. The number of hydrogen-bond donors (Lipinski definition) is 2. The number of guanidine groups is 1. The van der Waals surface area contributed by atoms with Crippen LogP contribution in [0.15, 0.2) is 23.2 Å². The summed E-state index contributed by atoms with van der Waals surface area (Å²) in [5, 5.41) is 7.09. The van der Waals surface area contributed by atoms with E-state index in [-0.39, 0.29) is 11.6 Å². The maximum Gasteiger partial charge on any atom is 0.191 e. The molecule has 0 spiro atoms. The number of ether oxygens (including phenoxy) is 2. The Morgan fingerprint density at radius 3 is 2.80 bits per heavy atom. The van der Waals surface area contributed by atoms with Gasteiger partial charge in [-0.3, -0.25) is 9.89 Å². The molecule has 0 radical (unpaired) electrons. The van der Waals surface area contributed by atoms with Crippen molar-refractivity contribution in [2.45, 2.75) is 51.8 Å². The van der Waals surface area contributed by atoms with Gasteiger partial charge in [0.15, 0.2) is 5.96 Å². The summed E-state index contributed by atoms with van der Waals surface area (Å²) >= 11 is 2.06. The van der Waals surface area contributed by atoms with Gasteiger partial charge in [-0.25, -0.2) is 0 Å². The van der Waals surface area contributed by atoms with Crippen molar-refractivity contribution < 1.29 is 9.47 Å². The van der Waals surface area contributed by atoms with Crippen LogP contribution < -0.4 is 15.4 Å². The summed E-state index contributed by atoms with van der Waals surface area (Å²) in [6.07, 6.45) is 2.41. The quantitative estimate of drug-likeness (QED) is 0.485. The van der Waals surface area contributed by atoms with Crippen molar-refractivity contribution in [1.29, 1.82) is 0 Å². The number of morpholine rings is 1. The molecule has 2 aliphatic rings. The molecule has 3 rings (SSSR count). The van der Waals surface area contributed by atoms with E-state index in [4.69, 9.17) is 9.47 Å². The predicted octanol–water partition coefficient (Wildman–Crippen LogP) is 3.05. The van der Waals surface area contributed by atoms with Crippen molar-refractivity contribution in [3.63, 3.8) is 0 Å². The van der Waals surface area contributed by atoms with E-state index in [9.17, 15) is 0 Å². The molecule has 2 unspecified atom stereocenters. The van der Waals surface area contributed by atoms with Crippen molar-refractivity contribution in [3.8, 4) is 5.75 Å². The zero-order valence-corrected chi connectivity index (χ0v) is 19.8. The number of nitrogens with zero attached hydrogens (tertiary/aromatic N) is 2. The molecule has 2 heterocycles. The van der Waals surface area contributed by atoms with Crippen LogP contribution in [0.25, 0.3) is 0 Å². The van der Waals surface area contributed by atoms with E-state index in [1.165, 1.54) is 23.5 Å². The summed E-state index contributed by atoms with van der Waals surface area (Å²) in [6.45, 7) is 11.7. The lowest BCUT2D eigenvalue weighted by Gasteiger charge is -2.43. The topological polar surface area (TPSA) is 58.1 Å². The highest BCUT2D eigenvalue weighted by atomic mass is 32.2. The molecule has 1 aromatic carbocycles. The van der Waals surface area contributed by atoms with E-state index in [1.54, 1.807) is 0 Å². The summed E-state index contributed by atoms with van der Waals surface area (Å²) in [7, 11) is 1.84. The minimum atomic E-state index is 0.195. The van der Waals surface area contributed by atoms with Gasteiger partial charge in [-0.15, -0.1) is 0 Å². The van der Waals surface area contributed by atoms with Crippen molar-refractivity contribution >= 4 is 17.7 Å². The molecule has 0 aliphatic carbocycles. The van der Waals surface area contributed by atoms with E-state index in [2.05, 4.69) is 71.3 Å². The van der Waals surface area contributed by atoms with Crippen LogP contribution in [0, 0.1) is 6.92 Å².